The zero-order valence-electron chi connectivity index (χ0n) is 15.8. The number of benzene rings is 2. The third-order valence-electron chi connectivity index (χ3n) is 4.51. The van der Waals surface area contributed by atoms with E-state index in [9.17, 15) is 18.8 Å². The van der Waals surface area contributed by atoms with E-state index in [2.05, 4.69) is 11.9 Å². The molecular formula is C21H20FN3O4. The van der Waals surface area contributed by atoms with E-state index in [1.54, 1.807) is 24.3 Å². The zero-order chi connectivity index (χ0) is 21.0. The van der Waals surface area contributed by atoms with E-state index in [4.69, 9.17) is 4.74 Å². The highest BCUT2D eigenvalue weighted by Gasteiger charge is 2.44. The summed E-state index contributed by atoms with van der Waals surface area (Å²) < 4.78 is 18.2. The molecule has 1 atom stereocenters. The van der Waals surface area contributed by atoms with Crippen molar-refractivity contribution < 1.29 is 23.5 Å². The molecule has 0 aromatic heterocycles. The van der Waals surface area contributed by atoms with Crippen LogP contribution in [0.1, 0.15) is 6.42 Å². The van der Waals surface area contributed by atoms with Gasteiger partial charge in [-0.1, -0.05) is 6.08 Å². The Bertz CT molecular complexity index is 928. The number of rotatable bonds is 6. The van der Waals surface area contributed by atoms with Gasteiger partial charge in [0.25, 0.3) is 5.91 Å². The van der Waals surface area contributed by atoms with Gasteiger partial charge in [-0.25, -0.2) is 14.1 Å². The molecule has 0 spiro atoms. The van der Waals surface area contributed by atoms with Gasteiger partial charge in [0.05, 0.1) is 19.2 Å². The van der Waals surface area contributed by atoms with Gasteiger partial charge in [0.1, 0.15) is 17.6 Å². The lowest BCUT2D eigenvalue weighted by molar-refractivity contribution is -0.122. The number of imide groups is 1. The van der Waals surface area contributed by atoms with Crippen LogP contribution in [0.5, 0.6) is 5.75 Å². The number of carbonyl (C=O) groups is 3. The topological polar surface area (TPSA) is 79.0 Å². The van der Waals surface area contributed by atoms with E-state index in [-0.39, 0.29) is 18.7 Å². The summed E-state index contributed by atoms with van der Waals surface area (Å²) >= 11 is 0. The Morgan fingerprint density at radius 2 is 1.90 bits per heavy atom. The molecule has 1 aliphatic heterocycles. The fraction of sp³-hybridized carbons (Fsp3) is 0.190. The van der Waals surface area contributed by atoms with Crippen LogP contribution in [-0.2, 0) is 9.59 Å². The Kier molecular flexibility index (Phi) is 5.92. The van der Waals surface area contributed by atoms with Gasteiger partial charge in [0.15, 0.2) is 0 Å². The predicted octanol–water partition coefficient (Wildman–Crippen LogP) is 3.19. The predicted molar refractivity (Wildman–Crippen MR) is 106 cm³/mol. The number of ether oxygens (including phenoxy) is 1. The summed E-state index contributed by atoms with van der Waals surface area (Å²) in [5.41, 5.74) is 0.773. The van der Waals surface area contributed by atoms with Crippen molar-refractivity contribution in [3.8, 4) is 5.75 Å². The first-order valence-corrected chi connectivity index (χ1v) is 8.89. The highest BCUT2D eigenvalue weighted by atomic mass is 19.1. The van der Waals surface area contributed by atoms with Crippen LogP contribution in [0.15, 0.2) is 61.2 Å². The molecule has 0 radical (unpaired) electrons. The van der Waals surface area contributed by atoms with Crippen LogP contribution in [0.25, 0.3) is 0 Å². The van der Waals surface area contributed by atoms with Crippen molar-refractivity contribution in [2.24, 2.45) is 0 Å². The molecule has 7 nitrogen and oxygen atoms in total. The summed E-state index contributed by atoms with van der Waals surface area (Å²) in [7, 11) is 1.54. The van der Waals surface area contributed by atoms with E-state index in [0.717, 1.165) is 4.90 Å². The van der Waals surface area contributed by atoms with Gasteiger partial charge < -0.3 is 15.0 Å². The van der Waals surface area contributed by atoms with Gasteiger partial charge in [0.2, 0.25) is 5.91 Å². The van der Waals surface area contributed by atoms with Gasteiger partial charge in [0, 0.05) is 12.2 Å². The van der Waals surface area contributed by atoms with E-state index >= 15 is 0 Å². The third kappa shape index (κ3) is 4.26. The van der Waals surface area contributed by atoms with Crippen LogP contribution in [0, 0.1) is 5.82 Å². The maximum absolute atomic E-state index is 13.2. The van der Waals surface area contributed by atoms with Crippen molar-refractivity contribution in [3.05, 3.63) is 67.0 Å². The zero-order valence-corrected chi connectivity index (χ0v) is 15.8. The molecule has 1 aliphatic rings. The number of nitrogens with zero attached hydrogens (tertiary/aromatic N) is 2. The molecule has 8 heteroatoms. The summed E-state index contributed by atoms with van der Waals surface area (Å²) in [5, 5.41) is 2.70. The summed E-state index contributed by atoms with van der Waals surface area (Å²) in [5.74, 6) is -0.847. The lowest BCUT2D eigenvalue weighted by Gasteiger charge is -2.26. The fourth-order valence-corrected chi connectivity index (χ4v) is 3.08. The molecule has 1 heterocycles. The van der Waals surface area contributed by atoms with Crippen LogP contribution >= 0.6 is 0 Å². The molecule has 2 aromatic rings. The summed E-state index contributed by atoms with van der Waals surface area (Å²) in [6, 6.07) is 10.2. The van der Waals surface area contributed by atoms with Gasteiger partial charge >= 0.3 is 6.03 Å². The molecule has 3 rings (SSSR count). The van der Waals surface area contributed by atoms with Crippen LogP contribution in [0.4, 0.5) is 20.6 Å². The highest BCUT2D eigenvalue weighted by molar-refractivity contribution is 6.23. The van der Waals surface area contributed by atoms with Crippen LogP contribution in [-0.4, -0.2) is 42.4 Å². The van der Waals surface area contributed by atoms with E-state index in [0.29, 0.717) is 11.4 Å². The van der Waals surface area contributed by atoms with E-state index in [1.165, 1.54) is 42.4 Å². The number of hydrogen-bond donors (Lipinski definition) is 1. The van der Waals surface area contributed by atoms with Crippen molar-refractivity contribution in [1.82, 2.24) is 4.90 Å². The normalized spacial score (nSPS) is 15.9. The monoisotopic (exact) mass is 397 g/mol. The molecule has 29 heavy (non-hydrogen) atoms. The molecular weight excluding hydrogens is 377 g/mol. The lowest BCUT2D eigenvalue weighted by Crippen LogP contribution is -2.47. The third-order valence-corrected chi connectivity index (χ3v) is 4.51. The molecule has 0 unspecified atom stereocenters. The van der Waals surface area contributed by atoms with E-state index in [1.807, 2.05) is 0 Å². The van der Waals surface area contributed by atoms with Gasteiger partial charge in [-0.2, -0.15) is 0 Å². The van der Waals surface area contributed by atoms with Gasteiger partial charge in [-0.3, -0.25) is 9.59 Å². The lowest BCUT2D eigenvalue weighted by atomic mass is 10.2. The van der Waals surface area contributed by atoms with Crippen molar-refractivity contribution in [3.63, 3.8) is 0 Å². The maximum atomic E-state index is 13.2. The van der Waals surface area contributed by atoms with Crippen molar-refractivity contribution in [1.29, 1.82) is 0 Å². The second kappa shape index (κ2) is 8.55. The number of anilines is 2. The Balaban J connectivity index is 1.79. The Labute approximate surface area is 167 Å². The molecule has 150 valence electrons. The average molecular weight is 397 g/mol. The molecule has 0 aliphatic carbocycles. The average Bonchev–Trinajstić information content (AvgIpc) is 3.01. The van der Waals surface area contributed by atoms with Crippen molar-refractivity contribution in [2.45, 2.75) is 12.5 Å². The minimum absolute atomic E-state index is 0.0724. The number of amides is 4. The van der Waals surface area contributed by atoms with Crippen LogP contribution in [0.3, 0.4) is 0 Å². The number of halogens is 1. The van der Waals surface area contributed by atoms with Crippen molar-refractivity contribution >= 4 is 29.2 Å². The first-order chi connectivity index (χ1) is 13.9. The fourth-order valence-electron chi connectivity index (χ4n) is 3.08. The van der Waals surface area contributed by atoms with Crippen LogP contribution < -0.4 is 15.0 Å². The molecule has 1 fully saturated rings. The molecule has 1 saturated heterocycles. The molecule has 4 amide bonds. The smallest absolute Gasteiger partial charge is 0.322 e. The number of methoxy groups -OCH3 is 1. The SMILES string of the molecule is C=CCN(C(=O)Nc1ccc(OC)cc1)[C@H]1CC(=O)N(c2ccc(F)cc2)C1=O. The van der Waals surface area contributed by atoms with Gasteiger partial charge in [-0.15, -0.1) is 6.58 Å². The van der Waals surface area contributed by atoms with E-state index < -0.39 is 29.7 Å². The Morgan fingerprint density at radius 3 is 2.48 bits per heavy atom. The molecule has 0 bridgehead atoms. The molecule has 2 aromatic carbocycles. The minimum Gasteiger partial charge on any atom is -0.497 e. The van der Waals surface area contributed by atoms with Crippen molar-refractivity contribution in [2.75, 3.05) is 23.9 Å². The first kappa shape index (κ1) is 20.1. The summed E-state index contributed by atoms with van der Waals surface area (Å²) in [6.45, 7) is 3.70. The van der Waals surface area contributed by atoms with Gasteiger partial charge in [-0.05, 0) is 48.5 Å². The second-order valence-electron chi connectivity index (χ2n) is 6.36. The van der Waals surface area contributed by atoms with Crippen LogP contribution in [0.2, 0.25) is 0 Å². The molecule has 0 saturated carbocycles. The Hall–Kier alpha value is -3.68. The summed E-state index contributed by atoms with van der Waals surface area (Å²) in [4.78, 5) is 40.4. The minimum atomic E-state index is -0.983. The number of hydrogen-bond acceptors (Lipinski definition) is 4. The quantitative estimate of drug-likeness (QED) is 0.600. The molecule has 1 N–H and O–H groups in total. The highest BCUT2D eigenvalue weighted by Crippen LogP contribution is 2.26. The maximum Gasteiger partial charge on any atom is 0.322 e. The Morgan fingerprint density at radius 1 is 1.24 bits per heavy atom. The number of carbonyl (C=O) groups excluding carboxylic acids is 3. The number of nitrogens with one attached hydrogen (secondary N) is 1. The second-order valence-corrected chi connectivity index (χ2v) is 6.36. The first-order valence-electron chi connectivity index (χ1n) is 8.89. The number of urea groups is 1. The standard InChI is InChI=1S/C21H20FN3O4/c1-3-12-24(21(28)23-15-6-10-17(29-2)11-7-15)18-13-19(26)25(20(18)27)16-8-4-14(22)5-9-16/h3-11,18H,1,12-13H2,2H3,(H,23,28)/t18-/m0/s1. The largest absolute Gasteiger partial charge is 0.497 e. The summed E-state index contributed by atoms with van der Waals surface area (Å²) in [6.07, 6.45) is 1.31.